The molecule has 18 heavy (non-hydrogen) atoms. The Labute approximate surface area is 114 Å². The van der Waals surface area contributed by atoms with E-state index >= 15 is 0 Å². The van der Waals surface area contributed by atoms with E-state index in [4.69, 9.17) is 0 Å². The van der Waals surface area contributed by atoms with Crippen LogP contribution in [0.5, 0.6) is 0 Å². The summed E-state index contributed by atoms with van der Waals surface area (Å²) in [6.45, 7) is 15.2. The van der Waals surface area contributed by atoms with Gasteiger partial charge in [-0.2, -0.15) is 0 Å². The van der Waals surface area contributed by atoms with Crippen LogP contribution in [0.4, 0.5) is 0 Å². The summed E-state index contributed by atoms with van der Waals surface area (Å²) in [7, 11) is 0. The molecule has 0 saturated heterocycles. The molecule has 1 unspecified atom stereocenters. The Balaban J connectivity index is 0.00000137. The molecule has 0 fully saturated rings. The summed E-state index contributed by atoms with van der Waals surface area (Å²) in [5.41, 5.74) is 5.67. The molecule has 1 rings (SSSR count). The average Bonchev–Trinajstić information content (AvgIpc) is 2.42. The van der Waals surface area contributed by atoms with Crippen molar-refractivity contribution in [1.29, 1.82) is 0 Å². The van der Waals surface area contributed by atoms with Crippen LogP contribution in [0.15, 0.2) is 23.8 Å². The highest BCUT2D eigenvalue weighted by Crippen LogP contribution is 2.20. The van der Waals surface area contributed by atoms with Crippen molar-refractivity contribution < 1.29 is 0 Å². The molecule has 102 valence electrons. The summed E-state index contributed by atoms with van der Waals surface area (Å²) in [5.74, 6) is 0.685. The van der Waals surface area contributed by atoms with Crippen LogP contribution in [0.2, 0.25) is 0 Å². The van der Waals surface area contributed by atoms with E-state index in [0.717, 1.165) is 6.42 Å². The largest absolute Gasteiger partial charge is 0.0699 e. The molecule has 0 aliphatic carbocycles. The van der Waals surface area contributed by atoms with Crippen molar-refractivity contribution in [3.63, 3.8) is 0 Å². The molecule has 0 saturated carbocycles. The van der Waals surface area contributed by atoms with Crippen molar-refractivity contribution in [2.75, 3.05) is 0 Å². The van der Waals surface area contributed by atoms with Gasteiger partial charge in [-0.3, -0.25) is 0 Å². The smallest absolute Gasteiger partial charge is 0.0228 e. The van der Waals surface area contributed by atoms with E-state index in [0.29, 0.717) is 5.92 Å². The number of benzene rings is 1. The first-order valence-corrected chi connectivity index (χ1v) is 7.36. The number of rotatable bonds is 4. The molecule has 0 N–H and O–H groups in total. The molecule has 0 nitrogen and oxygen atoms in total. The second-order valence-corrected chi connectivity index (χ2v) is 4.74. The van der Waals surface area contributed by atoms with E-state index in [9.17, 15) is 0 Å². The van der Waals surface area contributed by atoms with Crippen molar-refractivity contribution in [3.8, 4) is 0 Å². The zero-order chi connectivity index (χ0) is 14.1. The fourth-order valence-corrected chi connectivity index (χ4v) is 1.83. The molecule has 0 heteroatoms. The molecule has 0 spiro atoms. The lowest BCUT2D eigenvalue weighted by Gasteiger charge is -2.10. The second-order valence-electron chi connectivity index (χ2n) is 4.74. The molecule has 0 radical (unpaired) electrons. The molecule has 0 bridgehead atoms. The zero-order valence-corrected chi connectivity index (χ0v) is 13.3. The van der Waals surface area contributed by atoms with Crippen LogP contribution in [0.25, 0.3) is 6.08 Å². The van der Waals surface area contributed by atoms with Gasteiger partial charge in [0.1, 0.15) is 0 Å². The van der Waals surface area contributed by atoms with Crippen molar-refractivity contribution in [1.82, 2.24) is 0 Å². The lowest BCUT2D eigenvalue weighted by molar-refractivity contribution is 0.660. The van der Waals surface area contributed by atoms with Gasteiger partial charge in [0.15, 0.2) is 0 Å². The van der Waals surface area contributed by atoms with Gasteiger partial charge in [-0.1, -0.05) is 64.5 Å². The van der Waals surface area contributed by atoms with Crippen LogP contribution >= 0.6 is 0 Å². The predicted octanol–water partition coefficient (Wildman–Crippen LogP) is 6.03. The van der Waals surface area contributed by atoms with Crippen molar-refractivity contribution >= 4 is 6.08 Å². The second kappa shape index (κ2) is 8.97. The van der Waals surface area contributed by atoms with E-state index < -0.39 is 0 Å². The normalized spacial score (nSPS) is 12.7. The Bertz CT molecular complexity index is 372. The minimum atomic E-state index is 0.685. The topological polar surface area (TPSA) is 0 Å². The van der Waals surface area contributed by atoms with Gasteiger partial charge in [0, 0.05) is 0 Å². The molecule has 1 aromatic rings. The lowest BCUT2D eigenvalue weighted by Crippen LogP contribution is -1.94. The maximum atomic E-state index is 2.34. The monoisotopic (exact) mass is 246 g/mol. The molecule has 1 aromatic carbocycles. The molecule has 0 aromatic heterocycles. The van der Waals surface area contributed by atoms with E-state index in [1.54, 1.807) is 0 Å². The van der Waals surface area contributed by atoms with Gasteiger partial charge >= 0.3 is 0 Å². The quantitative estimate of drug-likeness (QED) is 0.608. The van der Waals surface area contributed by atoms with Crippen LogP contribution < -0.4 is 0 Å². The Hall–Kier alpha value is -1.04. The summed E-state index contributed by atoms with van der Waals surface area (Å²) < 4.78 is 0. The molecule has 0 aliphatic heterocycles. The minimum absolute atomic E-state index is 0.685. The first-order valence-electron chi connectivity index (χ1n) is 7.36. The molecule has 0 amide bonds. The summed E-state index contributed by atoms with van der Waals surface area (Å²) >= 11 is 0. The zero-order valence-electron chi connectivity index (χ0n) is 13.3. The van der Waals surface area contributed by atoms with Crippen LogP contribution in [-0.4, -0.2) is 0 Å². The SMILES string of the molecule is CC.CCc1ccc(/C=C(/C)C(C)CC)c(C)c1. The van der Waals surface area contributed by atoms with E-state index in [2.05, 4.69) is 58.9 Å². The maximum absolute atomic E-state index is 2.34. The van der Waals surface area contributed by atoms with Gasteiger partial charge in [0.25, 0.3) is 0 Å². The Morgan fingerprint density at radius 2 is 1.83 bits per heavy atom. The predicted molar refractivity (Wildman–Crippen MR) is 85.0 cm³/mol. The highest BCUT2D eigenvalue weighted by Gasteiger charge is 2.02. The van der Waals surface area contributed by atoms with Gasteiger partial charge in [-0.05, 0) is 49.3 Å². The fraction of sp³-hybridized carbons (Fsp3) is 0.556. The number of aryl methyl sites for hydroxylation is 2. The van der Waals surface area contributed by atoms with Crippen molar-refractivity contribution in [2.45, 2.75) is 61.3 Å². The highest BCUT2D eigenvalue weighted by atomic mass is 14.1. The van der Waals surface area contributed by atoms with Crippen LogP contribution in [0.1, 0.15) is 64.7 Å². The molecule has 0 heterocycles. The van der Waals surface area contributed by atoms with Gasteiger partial charge < -0.3 is 0 Å². The summed E-state index contributed by atoms with van der Waals surface area (Å²) in [4.78, 5) is 0. The van der Waals surface area contributed by atoms with E-state index in [-0.39, 0.29) is 0 Å². The standard InChI is InChI=1S/C16H24.C2H6/c1-6-12(3)13(4)11-16-9-8-15(7-2)10-14(16)5;1-2/h8-12H,6-7H2,1-5H3;1-2H3/b13-11-;. The average molecular weight is 246 g/mol. The van der Waals surface area contributed by atoms with Gasteiger partial charge in [0.2, 0.25) is 0 Å². The van der Waals surface area contributed by atoms with Crippen LogP contribution in [0.3, 0.4) is 0 Å². The summed E-state index contributed by atoms with van der Waals surface area (Å²) in [5, 5.41) is 0. The van der Waals surface area contributed by atoms with E-state index in [1.165, 1.54) is 28.7 Å². The minimum Gasteiger partial charge on any atom is -0.0699 e. The lowest BCUT2D eigenvalue weighted by atomic mass is 9.95. The highest BCUT2D eigenvalue weighted by molar-refractivity contribution is 5.57. The first-order chi connectivity index (χ1) is 8.58. The summed E-state index contributed by atoms with van der Waals surface area (Å²) in [6, 6.07) is 6.79. The fourth-order valence-electron chi connectivity index (χ4n) is 1.83. The van der Waals surface area contributed by atoms with E-state index in [1.807, 2.05) is 13.8 Å². The van der Waals surface area contributed by atoms with Crippen molar-refractivity contribution in [2.24, 2.45) is 5.92 Å². The number of hydrogen-bond donors (Lipinski definition) is 0. The third-order valence-corrected chi connectivity index (χ3v) is 3.52. The van der Waals surface area contributed by atoms with Crippen LogP contribution in [0, 0.1) is 12.8 Å². The Kier molecular flexibility index (Phi) is 8.45. The number of allylic oxidation sites excluding steroid dienone is 1. The molecule has 1 atom stereocenters. The van der Waals surface area contributed by atoms with Gasteiger partial charge in [-0.15, -0.1) is 0 Å². The maximum Gasteiger partial charge on any atom is -0.0228 e. The van der Waals surface area contributed by atoms with Gasteiger partial charge in [-0.25, -0.2) is 0 Å². The summed E-state index contributed by atoms with van der Waals surface area (Å²) in [6.07, 6.45) is 4.67. The van der Waals surface area contributed by atoms with Crippen molar-refractivity contribution in [3.05, 3.63) is 40.5 Å². The molecule has 0 aliphatic rings. The molecular weight excluding hydrogens is 216 g/mol. The Morgan fingerprint density at radius 3 is 2.28 bits per heavy atom. The number of hydrogen-bond acceptors (Lipinski definition) is 0. The van der Waals surface area contributed by atoms with Gasteiger partial charge in [0.05, 0.1) is 0 Å². The first kappa shape index (κ1) is 17.0. The third-order valence-electron chi connectivity index (χ3n) is 3.52. The molecular formula is C18H30. The van der Waals surface area contributed by atoms with Crippen LogP contribution in [-0.2, 0) is 6.42 Å². The third kappa shape index (κ3) is 5.08. The Morgan fingerprint density at radius 1 is 1.22 bits per heavy atom.